The number of likely N-dealkylation sites (tertiary alicyclic amines) is 1. The van der Waals surface area contributed by atoms with Crippen molar-refractivity contribution < 1.29 is 23.1 Å². The molecule has 1 amide bonds. The fourth-order valence-electron chi connectivity index (χ4n) is 3.94. The molecule has 9 heteroatoms. The van der Waals surface area contributed by atoms with Crippen molar-refractivity contribution in [1.82, 2.24) is 14.9 Å². The van der Waals surface area contributed by atoms with Crippen LogP contribution in [0.4, 0.5) is 14.5 Å². The van der Waals surface area contributed by atoms with E-state index >= 15 is 0 Å². The zero-order valence-corrected chi connectivity index (χ0v) is 16.4. The lowest BCUT2D eigenvalue weighted by atomic mass is 9.97. The second-order valence-corrected chi connectivity index (χ2v) is 7.78. The van der Waals surface area contributed by atoms with E-state index in [1.165, 1.54) is 6.20 Å². The van der Waals surface area contributed by atoms with E-state index in [0.717, 1.165) is 11.8 Å². The molecule has 4 rings (SSSR count). The molecular weight excluding hydrogens is 382 g/mol. The average Bonchev–Trinajstić information content (AvgIpc) is 3.09. The summed E-state index contributed by atoms with van der Waals surface area (Å²) in [6, 6.07) is 1.55. The molecule has 3 heterocycles. The molecule has 0 aromatic carbocycles. The largest absolute Gasteiger partial charge is 0.462 e. The van der Waals surface area contributed by atoms with Gasteiger partial charge in [-0.1, -0.05) is 0 Å². The number of alkyl halides is 2. The van der Waals surface area contributed by atoms with Gasteiger partial charge in [0.05, 0.1) is 12.3 Å². The van der Waals surface area contributed by atoms with Crippen LogP contribution in [0.25, 0.3) is 11.0 Å². The van der Waals surface area contributed by atoms with Crippen molar-refractivity contribution >= 4 is 28.6 Å². The van der Waals surface area contributed by atoms with Crippen LogP contribution >= 0.6 is 0 Å². The number of ether oxygens (including phenoxy) is 1. The summed E-state index contributed by atoms with van der Waals surface area (Å²) in [4.78, 5) is 33.8. The van der Waals surface area contributed by atoms with Crippen LogP contribution < -0.4 is 5.32 Å². The van der Waals surface area contributed by atoms with E-state index < -0.39 is 23.7 Å². The molecule has 2 aromatic heterocycles. The fourth-order valence-corrected chi connectivity index (χ4v) is 3.94. The van der Waals surface area contributed by atoms with Crippen LogP contribution in [0.3, 0.4) is 0 Å². The Labute approximate surface area is 166 Å². The molecule has 1 aliphatic carbocycles. The predicted molar refractivity (Wildman–Crippen MR) is 103 cm³/mol. The van der Waals surface area contributed by atoms with Gasteiger partial charge in [-0.15, -0.1) is 0 Å². The second-order valence-electron chi connectivity index (χ2n) is 7.78. The van der Waals surface area contributed by atoms with Crippen molar-refractivity contribution in [3.05, 3.63) is 24.0 Å². The van der Waals surface area contributed by atoms with Crippen molar-refractivity contribution in [3.8, 4) is 0 Å². The number of hydrogen-bond donors (Lipinski definition) is 2. The summed E-state index contributed by atoms with van der Waals surface area (Å²) >= 11 is 0. The Bertz CT molecular complexity index is 945. The smallest absolute Gasteiger partial charge is 0.341 e. The highest BCUT2D eigenvalue weighted by Gasteiger charge is 2.62. The van der Waals surface area contributed by atoms with Crippen molar-refractivity contribution in [1.29, 1.82) is 0 Å². The van der Waals surface area contributed by atoms with E-state index in [-0.39, 0.29) is 25.1 Å². The highest BCUT2D eigenvalue weighted by atomic mass is 19.3. The number of nitrogens with one attached hydrogen (secondary N) is 2. The third-order valence-corrected chi connectivity index (χ3v) is 5.72. The third kappa shape index (κ3) is 3.65. The number of anilines is 1. The number of hydrogen-bond acceptors (Lipinski definition) is 5. The van der Waals surface area contributed by atoms with Gasteiger partial charge in [0.25, 0.3) is 5.92 Å². The quantitative estimate of drug-likeness (QED) is 0.745. The third-order valence-electron chi connectivity index (χ3n) is 5.72. The number of aromatic nitrogens is 2. The zero-order chi connectivity index (χ0) is 20.8. The summed E-state index contributed by atoms with van der Waals surface area (Å²) in [7, 11) is 0. The summed E-state index contributed by atoms with van der Waals surface area (Å²) in [5.74, 6) is -5.05. The minimum atomic E-state index is -2.88. The van der Waals surface area contributed by atoms with Crippen LogP contribution in [0.15, 0.2) is 18.5 Å². The number of carbonyl (C=O) groups excluding carboxylic acids is 2. The maximum absolute atomic E-state index is 13.4. The molecule has 1 saturated carbocycles. The molecule has 1 saturated heterocycles. The van der Waals surface area contributed by atoms with Gasteiger partial charge in [0.1, 0.15) is 17.1 Å². The molecule has 0 bridgehead atoms. The summed E-state index contributed by atoms with van der Waals surface area (Å²) in [5.41, 5.74) is 1.51. The first-order valence-corrected chi connectivity index (χ1v) is 9.90. The molecule has 7 nitrogen and oxygen atoms in total. The Hall–Kier alpha value is -2.71. The van der Waals surface area contributed by atoms with E-state index in [1.54, 1.807) is 18.0 Å². The van der Waals surface area contributed by atoms with Crippen LogP contribution in [0, 0.1) is 5.92 Å². The number of H-pyrrole nitrogens is 1. The van der Waals surface area contributed by atoms with Crippen LogP contribution in [-0.4, -0.2) is 57.9 Å². The monoisotopic (exact) mass is 406 g/mol. The first kappa shape index (κ1) is 19.6. The Morgan fingerprint density at radius 3 is 2.86 bits per heavy atom. The molecular formula is C20H24F2N4O3. The number of pyridine rings is 1. The van der Waals surface area contributed by atoms with Gasteiger partial charge in [0, 0.05) is 42.8 Å². The molecule has 2 aromatic rings. The molecule has 156 valence electrons. The Morgan fingerprint density at radius 1 is 1.41 bits per heavy atom. The van der Waals surface area contributed by atoms with Crippen LogP contribution in [0.2, 0.25) is 0 Å². The van der Waals surface area contributed by atoms with Gasteiger partial charge in [0.2, 0.25) is 5.91 Å². The minimum Gasteiger partial charge on any atom is -0.462 e. The van der Waals surface area contributed by atoms with Crippen molar-refractivity contribution in [2.75, 3.05) is 18.5 Å². The lowest BCUT2D eigenvalue weighted by Crippen LogP contribution is -2.50. The standard InChI is InChI=1S/C20H24F2N4O3/c1-3-29-19(28)14-9-24-17-13(6-7-23-17)16(14)25-12-5-4-11(2)26(10-12)18(27)15-8-20(15,21)22/h6-7,9,11-12,15H,3-5,8,10H2,1-2H3,(H2,23,24,25)/t11-,12+,15-/m0/s1. The van der Waals surface area contributed by atoms with E-state index in [9.17, 15) is 18.4 Å². The summed E-state index contributed by atoms with van der Waals surface area (Å²) < 4.78 is 31.9. The average molecular weight is 406 g/mol. The van der Waals surface area contributed by atoms with Gasteiger partial charge in [-0.3, -0.25) is 4.79 Å². The number of fused-ring (bicyclic) bond motifs is 1. The van der Waals surface area contributed by atoms with Gasteiger partial charge in [-0.2, -0.15) is 0 Å². The van der Waals surface area contributed by atoms with Gasteiger partial charge < -0.3 is 19.9 Å². The molecule has 0 spiro atoms. The number of piperidine rings is 1. The number of nitrogens with zero attached hydrogens (tertiary/aromatic N) is 2. The predicted octanol–water partition coefficient (Wildman–Crippen LogP) is 3.19. The molecule has 0 radical (unpaired) electrons. The van der Waals surface area contributed by atoms with Crippen molar-refractivity contribution in [3.63, 3.8) is 0 Å². The molecule has 2 N–H and O–H groups in total. The zero-order valence-electron chi connectivity index (χ0n) is 16.4. The van der Waals surface area contributed by atoms with E-state index in [2.05, 4.69) is 15.3 Å². The SMILES string of the molecule is CCOC(=O)c1cnc2[nH]ccc2c1N[C@@H]1CC[C@H](C)N(C(=O)[C@@H]2CC2(F)F)C1. The fraction of sp³-hybridized carbons (Fsp3) is 0.550. The Morgan fingerprint density at radius 2 is 2.17 bits per heavy atom. The van der Waals surface area contributed by atoms with Crippen LogP contribution in [0.1, 0.15) is 43.5 Å². The van der Waals surface area contributed by atoms with Gasteiger partial charge in [0.15, 0.2) is 0 Å². The van der Waals surface area contributed by atoms with Crippen LogP contribution in [-0.2, 0) is 9.53 Å². The Balaban J connectivity index is 1.58. The summed E-state index contributed by atoms with van der Waals surface area (Å²) in [5, 5.41) is 4.10. The van der Waals surface area contributed by atoms with Crippen LogP contribution in [0.5, 0.6) is 0 Å². The van der Waals surface area contributed by atoms with E-state index in [1.807, 2.05) is 13.0 Å². The number of amides is 1. The lowest BCUT2D eigenvalue weighted by Gasteiger charge is -2.39. The topological polar surface area (TPSA) is 87.3 Å². The van der Waals surface area contributed by atoms with E-state index in [4.69, 9.17) is 4.74 Å². The first-order valence-electron chi connectivity index (χ1n) is 9.90. The first-order chi connectivity index (χ1) is 13.8. The number of aromatic amines is 1. The molecule has 2 fully saturated rings. The summed E-state index contributed by atoms with van der Waals surface area (Å²) in [6.45, 7) is 4.16. The summed E-state index contributed by atoms with van der Waals surface area (Å²) in [6.07, 6.45) is 4.26. The number of rotatable bonds is 5. The van der Waals surface area contributed by atoms with Crippen molar-refractivity contribution in [2.24, 2.45) is 5.92 Å². The number of halogens is 2. The van der Waals surface area contributed by atoms with Gasteiger partial charge in [-0.05, 0) is 32.8 Å². The molecule has 1 aliphatic heterocycles. The van der Waals surface area contributed by atoms with Gasteiger partial charge >= 0.3 is 5.97 Å². The number of carbonyl (C=O) groups is 2. The van der Waals surface area contributed by atoms with Crippen molar-refractivity contribution in [2.45, 2.75) is 51.1 Å². The second kappa shape index (κ2) is 7.27. The molecule has 3 atom stereocenters. The molecule has 29 heavy (non-hydrogen) atoms. The maximum Gasteiger partial charge on any atom is 0.341 e. The van der Waals surface area contributed by atoms with E-state index in [0.29, 0.717) is 29.9 Å². The highest BCUT2D eigenvalue weighted by molar-refractivity contribution is 6.04. The Kier molecular flexibility index (Phi) is 4.92. The molecule has 2 aliphatic rings. The maximum atomic E-state index is 13.4. The molecule has 0 unspecified atom stereocenters. The number of esters is 1. The van der Waals surface area contributed by atoms with Gasteiger partial charge in [-0.25, -0.2) is 18.6 Å². The lowest BCUT2D eigenvalue weighted by molar-refractivity contribution is -0.138. The minimum absolute atomic E-state index is 0.0915. The highest BCUT2D eigenvalue weighted by Crippen LogP contribution is 2.50. The normalized spacial score (nSPS) is 25.7.